The fourth-order valence-electron chi connectivity index (χ4n) is 3.57. The quantitative estimate of drug-likeness (QED) is 0.748. The maximum Gasteiger partial charge on any atom is 0.227 e. The van der Waals surface area contributed by atoms with Gasteiger partial charge in [0.15, 0.2) is 0 Å². The van der Waals surface area contributed by atoms with Gasteiger partial charge in [-0.15, -0.1) is 0 Å². The Morgan fingerprint density at radius 1 is 1.04 bits per heavy atom. The van der Waals surface area contributed by atoms with Crippen LogP contribution in [0.1, 0.15) is 29.2 Å². The molecule has 2 aromatic carbocycles. The van der Waals surface area contributed by atoms with E-state index < -0.39 is 0 Å². The molecule has 0 unspecified atom stereocenters. The van der Waals surface area contributed by atoms with E-state index in [1.165, 1.54) is 22.3 Å². The second-order valence-corrected chi connectivity index (χ2v) is 6.77. The van der Waals surface area contributed by atoms with Crippen molar-refractivity contribution >= 4 is 17.5 Å². The molecule has 4 heteroatoms. The summed E-state index contributed by atoms with van der Waals surface area (Å²) in [6.45, 7) is 6.12. The number of aryl methyl sites for hydroxylation is 2. The van der Waals surface area contributed by atoms with Crippen LogP contribution in [0.4, 0.5) is 17.5 Å². The van der Waals surface area contributed by atoms with Crippen LogP contribution in [0.25, 0.3) is 0 Å². The van der Waals surface area contributed by atoms with Crippen LogP contribution in [0.2, 0.25) is 0 Å². The van der Waals surface area contributed by atoms with Crippen LogP contribution in [-0.4, -0.2) is 16.5 Å². The first-order valence-electron chi connectivity index (χ1n) is 9.25. The summed E-state index contributed by atoms with van der Waals surface area (Å²) >= 11 is 0. The Morgan fingerprint density at radius 3 is 2.73 bits per heavy atom. The molecule has 1 aliphatic rings. The monoisotopic (exact) mass is 344 g/mol. The Morgan fingerprint density at radius 2 is 1.88 bits per heavy atom. The summed E-state index contributed by atoms with van der Waals surface area (Å²) in [6.07, 6.45) is 3.87. The van der Waals surface area contributed by atoms with E-state index >= 15 is 0 Å². The van der Waals surface area contributed by atoms with Crippen molar-refractivity contribution in [3.63, 3.8) is 0 Å². The molecule has 0 saturated carbocycles. The number of benzene rings is 2. The highest BCUT2D eigenvalue weighted by Gasteiger charge is 2.18. The van der Waals surface area contributed by atoms with E-state index in [1.807, 2.05) is 12.3 Å². The number of fused-ring (bicyclic) bond motifs is 1. The van der Waals surface area contributed by atoms with Gasteiger partial charge < -0.3 is 10.2 Å². The molecule has 1 aliphatic heterocycles. The summed E-state index contributed by atoms with van der Waals surface area (Å²) in [5.41, 5.74) is 6.50. The van der Waals surface area contributed by atoms with Gasteiger partial charge in [-0.3, -0.25) is 0 Å². The van der Waals surface area contributed by atoms with Crippen LogP contribution in [0.3, 0.4) is 0 Å². The largest absolute Gasteiger partial charge is 0.340 e. The molecular weight excluding hydrogens is 320 g/mol. The Bertz CT molecular complexity index is 920. The topological polar surface area (TPSA) is 41.1 Å². The van der Waals surface area contributed by atoms with E-state index in [1.54, 1.807) is 0 Å². The first kappa shape index (κ1) is 16.6. The van der Waals surface area contributed by atoms with Crippen molar-refractivity contribution in [2.45, 2.75) is 33.2 Å². The number of anilines is 3. The molecule has 1 aromatic heterocycles. The van der Waals surface area contributed by atoms with Crippen molar-refractivity contribution in [2.75, 3.05) is 16.8 Å². The first-order chi connectivity index (χ1) is 12.7. The predicted molar refractivity (Wildman–Crippen MR) is 107 cm³/mol. The van der Waals surface area contributed by atoms with Gasteiger partial charge in [0.05, 0.1) is 0 Å². The molecule has 4 rings (SSSR count). The van der Waals surface area contributed by atoms with Gasteiger partial charge in [0.1, 0.15) is 5.82 Å². The molecule has 26 heavy (non-hydrogen) atoms. The molecule has 1 N–H and O–H groups in total. The van der Waals surface area contributed by atoms with Crippen LogP contribution in [0.15, 0.2) is 54.7 Å². The fraction of sp³-hybridized carbons (Fsp3) is 0.273. The second-order valence-electron chi connectivity index (χ2n) is 6.77. The van der Waals surface area contributed by atoms with Gasteiger partial charge in [0.25, 0.3) is 0 Å². The van der Waals surface area contributed by atoms with Gasteiger partial charge in [0.2, 0.25) is 5.95 Å². The van der Waals surface area contributed by atoms with Gasteiger partial charge in [-0.25, -0.2) is 4.98 Å². The number of rotatable bonds is 4. The summed E-state index contributed by atoms with van der Waals surface area (Å²) in [4.78, 5) is 11.6. The third-order valence-corrected chi connectivity index (χ3v) is 5.05. The lowest BCUT2D eigenvalue weighted by atomic mass is 10.0. The molecule has 0 spiro atoms. The van der Waals surface area contributed by atoms with Crippen LogP contribution < -0.4 is 10.2 Å². The van der Waals surface area contributed by atoms with Crippen LogP contribution in [0.5, 0.6) is 0 Å². The lowest BCUT2D eigenvalue weighted by Crippen LogP contribution is -2.31. The number of nitrogens with zero attached hydrogens (tertiary/aromatic N) is 3. The van der Waals surface area contributed by atoms with Gasteiger partial charge >= 0.3 is 0 Å². The highest BCUT2D eigenvalue weighted by Crippen LogP contribution is 2.26. The average Bonchev–Trinajstić information content (AvgIpc) is 2.69. The summed E-state index contributed by atoms with van der Waals surface area (Å²) in [6, 6.07) is 17.0. The summed E-state index contributed by atoms with van der Waals surface area (Å²) < 4.78 is 0. The minimum absolute atomic E-state index is 0.788. The standard InChI is InChI=1S/C22H24N4/c1-3-17-10-6-7-16(2)21(17)24-20-11-13-23-22(25-20)26-14-12-18-8-4-5-9-19(18)15-26/h4-11,13H,3,12,14-15H2,1-2H3,(H,23,24,25). The molecule has 0 atom stereocenters. The third-order valence-electron chi connectivity index (χ3n) is 5.05. The van der Waals surface area contributed by atoms with E-state index in [4.69, 9.17) is 4.98 Å². The van der Waals surface area contributed by atoms with Gasteiger partial charge in [-0.05, 0) is 48.1 Å². The third kappa shape index (κ3) is 3.27. The number of hydrogen-bond donors (Lipinski definition) is 1. The molecule has 0 bridgehead atoms. The van der Waals surface area contributed by atoms with Crippen LogP contribution in [-0.2, 0) is 19.4 Å². The average molecular weight is 344 g/mol. The Balaban J connectivity index is 1.59. The molecule has 0 fully saturated rings. The zero-order valence-corrected chi connectivity index (χ0v) is 15.4. The van der Waals surface area contributed by atoms with E-state index in [0.29, 0.717) is 0 Å². The molecule has 3 aromatic rings. The fourth-order valence-corrected chi connectivity index (χ4v) is 3.57. The van der Waals surface area contributed by atoms with Crippen molar-refractivity contribution in [1.29, 1.82) is 0 Å². The maximum absolute atomic E-state index is 4.78. The van der Waals surface area contributed by atoms with Crippen molar-refractivity contribution in [2.24, 2.45) is 0 Å². The molecule has 0 saturated heterocycles. The minimum Gasteiger partial charge on any atom is -0.340 e. The molecule has 4 nitrogen and oxygen atoms in total. The molecule has 2 heterocycles. The number of aromatic nitrogens is 2. The molecule has 0 aliphatic carbocycles. The molecule has 132 valence electrons. The first-order valence-corrected chi connectivity index (χ1v) is 9.25. The molecular formula is C22H24N4. The smallest absolute Gasteiger partial charge is 0.227 e. The highest BCUT2D eigenvalue weighted by atomic mass is 15.3. The van der Waals surface area contributed by atoms with Crippen LogP contribution in [0, 0.1) is 6.92 Å². The Kier molecular flexibility index (Phi) is 4.57. The summed E-state index contributed by atoms with van der Waals surface area (Å²) in [5, 5.41) is 3.51. The van der Waals surface area contributed by atoms with Crippen molar-refractivity contribution in [3.8, 4) is 0 Å². The highest BCUT2D eigenvalue weighted by molar-refractivity contribution is 5.65. The lowest BCUT2D eigenvalue weighted by molar-refractivity contribution is 0.708. The minimum atomic E-state index is 0.788. The molecule has 0 radical (unpaired) electrons. The Hall–Kier alpha value is -2.88. The lowest BCUT2D eigenvalue weighted by Gasteiger charge is -2.29. The van der Waals surface area contributed by atoms with E-state index in [-0.39, 0.29) is 0 Å². The number of para-hydroxylation sites is 1. The van der Waals surface area contributed by atoms with E-state index in [0.717, 1.165) is 43.4 Å². The van der Waals surface area contributed by atoms with E-state index in [9.17, 15) is 0 Å². The van der Waals surface area contributed by atoms with Gasteiger partial charge in [0, 0.05) is 25.0 Å². The Labute approximate surface area is 154 Å². The van der Waals surface area contributed by atoms with Gasteiger partial charge in [-0.1, -0.05) is 49.4 Å². The normalized spacial score (nSPS) is 13.4. The molecule has 0 amide bonds. The van der Waals surface area contributed by atoms with Crippen molar-refractivity contribution in [1.82, 2.24) is 9.97 Å². The maximum atomic E-state index is 4.78. The summed E-state index contributed by atoms with van der Waals surface area (Å²) in [7, 11) is 0. The predicted octanol–water partition coefficient (Wildman–Crippen LogP) is 4.65. The zero-order chi connectivity index (χ0) is 17.9. The second kappa shape index (κ2) is 7.16. The number of hydrogen-bond acceptors (Lipinski definition) is 4. The van der Waals surface area contributed by atoms with Crippen LogP contribution >= 0.6 is 0 Å². The van der Waals surface area contributed by atoms with Crippen molar-refractivity contribution < 1.29 is 0 Å². The van der Waals surface area contributed by atoms with E-state index in [2.05, 4.69) is 71.5 Å². The SMILES string of the molecule is CCc1cccc(C)c1Nc1ccnc(N2CCc3ccccc3C2)n1. The van der Waals surface area contributed by atoms with Crippen molar-refractivity contribution in [3.05, 3.63) is 77.0 Å². The zero-order valence-electron chi connectivity index (χ0n) is 15.4. The number of nitrogens with one attached hydrogen (secondary N) is 1. The summed E-state index contributed by atoms with van der Waals surface area (Å²) in [5.74, 6) is 1.63. The van der Waals surface area contributed by atoms with Gasteiger partial charge in [-0.2, -0.15) is 4.98 Å².